The monoisotopic (exact) mass is 279 g/mol. The maximum Gasteiger partial charge on any atom is 0.122 e. The number of rotatable bonds is 7. The van der Waals surface area contributed by atoms with Crippen molar-refractivity contribution in [3.63, 3.8) is 0 Å². The second-order valence-electron chi connectivity index (χ2n) is 5.03. The summed E-state index contributed by atoms with van der Waals surface area (Å²) in [7, 11) is 1.78. The van der Waals surface area contributed by atoms with E-state index in [2.05, 4.69) is 42.2 Å². The SMILES string of the molecule is CCCNCCSC1CCCc2c(OC)cccc21. The number of nitrogens with one attached hydrogen (secondary N) is 1. The molecule has 0 amide bonds. The van der Waals surface area contributed by atoms with Gasteiger partial charge >= 0.3 is 0 Å². The van der Waals surface area contributed by atoms with Crippen LogP contribution in [-0.4, -0.2) is 26.0 Å². The van der Waals surface area contributed by atoms with Gasteiger partial charge in [0.25, 0.3) is 0 Å². The van der Waals surface area contributed by atoms with Crippen molar-refractivity contribution in [2.45, 2.75) is 37.9 Å². The Morgan fingerprint density at radius 1 is 1.37 bits per heavy atom. The van der Waals surface area contributed by atoms with Gasteiger partial charge in [0, 0.05) is 17.5 Å². The van der Waals surface area contributed by atoms with E-state index in [0.717, 1.165) is 18.8 Å². The van der Waals surface area contributed by atoms with E-state index in [1.54, 1.807) is 7.11 Å². The standard InChI is InChI=1S/C16H25NOS/c1-3-10-17-11-12-19-16-9-5-6-13-14(16)7-4-8-15(13)18-2/h4,7-8,16-17H,3,5-6,9-12H2,1-2H3. The molecule has 0 saturated carbocycles. The van der Waals surface area contributed by atoms with Gasteiger partial charge in [-0.25, -0.2) is 0 Å². The Hall–Kier alpha value is -0.670. The van der Waals surface area contributed by atoms with Crippen molar-refractivity contribution in [3.8, 4) is 5.75 Å². The number of methoxy groups -OCH3 is 1. The number of thioether (sulfide) groups is 1. The van der Waals surface area contributed by atoms with Crippen LogP contribution in [-0.2, 0) is 6.42 Å². The number of hydrogen-bond donors (Lipinski definition) is 1. The summed E-state index contributed by atoms with van der Waals surface area (Å²) >= 11 is 2.09. The van der Waals surface area contributed by atoms with Crippen molar-refractivity contribution in [1.82, 2.24) is 5.32 Å². The van der Waals surface area contributed by atoms with Crippen LogP contribution in [0, 0.1) is 0 Å². The minimum Gasteiger partial charge on any atom is -0.496 e. The van der Waals surface area contributed by atoms with Gasteiger partial charge in [-0.1, -0.05) is 19.1 Å². The van der Waals surface area contributed by atoms with Crippen LogP contribution < -0.4 is 10.1 Å². The summed E-state index contributed by atoms with van der Waals surface area (Å²) in [6, 6.07) is 6.51. The third kappa shape index (κ3) is 3.90. The van der Waals surface area contributed by atoms with E-state index in [1.165, 1.54) is 42.6 Å². The van der Waals surface area contributed by atoms with E-state index < -0.39 is 0 Å². The van der Waals surface area contributed by atoms with Gasteiger partial charge < -0.3 is 10.1 Å². The molecule has 1 aliphatic rings. The van der Waals surface area contributed by atoms with Crippen molar-refractivity contribution in [2.75, 3.05) is 26.0 Å². The lowest BCUT2D eigenvalue weighted by Gasteiger charge is -2.26. The third-order valence-electron chi connectivity index (χ3n) is 3.65. The predicted molar refractivity (Wildman–Crippen MR) is 84.3 cm³/mol. The van der Waals surface area contributed by atoms with Crippen LogP contribution in [0.5, 0.6) is 5.75 Å². The highest BCUT2D eigenvalue weighted by atomic mass is 32.2. The first-order valence-electron chi connectivity index (χ1n) is 7.35. The summed E-state index contributed by atoms with van der Waals surface area (Å²) in [6.07, 6.45) is 4.98. The van der Waals surface area contributed by atoms with Crippen molar-refractivity contribution in [1.29, 1.82) is 0 Å². The first-order chi connectivity index (χ1) is 9.36. The number of ether oxygens (including phenoxy) is 1. The molecule has 1 atom stereocenters. The van der Waals surface area contributed by atoms with Gasteiger partial charge in [-0.15, -0.1) is 0 Å². The van der Waals surface area contributed by atoms with Gasteiger partial charge in [-0.05, 0) is 49.4 Å². The Labute approximate surface area is 121 Å². The molecular weight excluding hydrogens is 254 g/mol. The molecule has 0 radical (unpaired) electrons. The van der Waals surface area contributed by atoms with Gasteiger partial charge in [0.05, 0.1) is 7.11 Å². The largest absolute Gasteiger partial charge is 0.496 e. The van der Waals surface area contributed by atoms with Crippen LogP contribution in [0.4, 0.5) is 0 Å². The molecule has 0 fully saturated rings. The van der Waals surface area contributed by atoms with Crippen LogP contribution >= 0.6 is 11.8 Å². The van der Waals surface area contributed by atoms with Gasteiger partial charge in [0.1, 0.15) is 5.75 Å². The van der Waals surface area contributed by atoms with Gasteiger partial charge in [-0.2, -0.15) is 11.8 Å². The molecule has 0 saturated heterocycles. The molecule has 3 heteroatoms. The zero-order valence-corrected chi connectivity index (χ0v) is 12.9. The smallest absolute Gasteiger partial charge is 0.122 e. The van der Waals surface area contributed by atoms with E-state index in [1.807, 2.05) is 0 Å². The fourth-order valence-corrected chi connectivity index (χ4v) is 3.99. The first kappa shape index (κ1) is 14.7. The average molecular weight is 279 g/mol. The molecule has 2 rings (SSSR count). The predicted octanol–water partition coefficient (Wildman–Crippen LogP) is 3.81. The lowest BCUT2D eigenvalue weighted by Crippen LogP contribution is -2.18. The number of benzene rings is 1. The van der Waals surface area contributed by atoms with Crippen molar-refractivity contribution >= 4 is 11.8 Å². The third-order valence-corrected chi connectivity index (χ3v) is 4.99. The molecule has 0 bridgehead atoms. The molecule has 1 aliphatic carbocycles. The summed E-state index contributed by atoms with van der Waals surface area (Å²) in [5.41, 5.74) is 2.95. The van der Waals surface area contributed by atoms with Crippen LogP contribution in [0.1, 0.15) is 42.6 Å². The topological polar surface area (TPSA) is 21.3 Å². The van der Waals surface area contributed by atoms with Crippen LogP contribution in [0.15, 0.2) is 18.2 Å². The Bertz CT molecular complexity index is 394. The molecule has 106 valence electrons. The molecule has 1 aromatic rings. The minimum atomic E-state index is 0.655. The lowest BCUT2D eigenvalue weighted by molar-refractivity contribution is 0.406. The second-order valence-corrected chi connectivity index (χ2v) is 6.34. The quantitative estimate of drug-likeness (QED) is 0.767. The number of hydrogen-bond acceptors (Lipinski definition) is 3. The molecule has 0 heterocycles. The van der Waals surface area contributed by atoms with E-state index >= 15 is 0 Å². The molecule has 2 nitrogen and oxygen atoms in total. The Morgan fingerprint density at radius 2 is 2.26 bits per heavy atom. The summed E-state index contributed by atoms with van der Waals surface area (Å²) in [4.78, 5) is 0. The van der Waals surface area contributed by atoms with Gasteiger partial charge in [0.15, 0.2) is 0 Å². The molecule has 0 aliphatic heterocycles. The van der Waals surface area contributed by atoms with E-state index in [4.69, 9.17) is 4.74 Å². The summed E-state index contributed by atoms with van der Waals surface area (Å²) in [5.74, 6) is 2.27. The van der Waals surface area contributed by atoms with Crippen LogP contribution in [0.25, 0.3) is 0 Å². The highest BCUT2D eigenvalue weighted by molar-refractivity contribution is 7.99. The molecular formula is C16H25NOS. The van der Waals surface area contributed by atoms with Crippen molar-refractivity contribution < 1.29 is 4.74 Å². The highest BCUT2D eigenvalue weighted by Crippen LogP contribution is 2.42. The summed E-state index contributed by atoms with van der Waals surface area (Å²) in [5, 5.41) is 4.13. The molecule has 19 heavy (non-hydrogen) atoms. The molecule has 1 unspecified atom stereocenters. The molecule has 1 aromatic carbocycles. The Kier molecular flexibility index (Phi) is 6.05. The van der Waals surface area contributed by atoms with Crippen LogP contribution in [0.2, 0.25) is 0 Å². The lowest BCUT2D eigenvalue weighted by atomic mass is 9.90. The maximum atomic E-state index is 5.50. The van der Waals surface area contributed by atoms with Crippen molar-refractivity contribution in [3.05, 3.63) is 29.3 Å². The maximum absolute atomic E-state index is 5.50. The summed E-state index contributed by atoms with van der Waals surface area (Å²) < 4.78 is 5.50. The highest BCUT2D eigenvalue weighted by Gasteiger charge is 2.22. The van der Waals surface area contributed by atoms with Gasteiger partial charge in [0.2, 0.25) is 0 Å². The van der Waals surface area contributed by atoms with E-state index in [-0.39, 0.29) is 0 Å². The molecule has 0 aromatic heterocycles. The fraction of sp³-hybridized carbons (Fsp3) is 0.625. The minimum absolute atomic E-state index is 0.655. The zero-order chi connectivity index (χ0) is 13.5. The Morgan fingerprint density at radius 3 is 3.05 bits per heavy atom. The normalized spacial score (nSPS) is 18.1. The Balaban J connectivity index is 1.94. The fourth-order valence-electron chi connectivity index (χ4n) is 2.71. The average Bonchev–Trinajstić information content (AvgIpc) is 2.46. The van der Waals surface area contributed by atoms with Crippen molar-refractivity contribution in [2.24, 2.45) is 0 Å². The number of fused-ring (bicyclic) bond motifs is 1. The summed E-state index contributed by atoms with van der Waals surface area (Å²) in [6.45, 7) is 4.47. The molecule has 1 N–H and O–H groups in total. The second kappa shape index (κ2) is 7.81. The van der Waals surface area contributed by atoms with E-state index in [9.17, 15) is 0 Å². The van der Waals surface area contributed by atoms with Crippen LogP contribution in [0.3, 0.4) is 0 Å². The molecule has 0 spiro atoms. The van der Waals surface area contributed by atoms with E-state index in [0.29, 0.717) is 5.25 Å². The first-order valence-corrected chi connectivity index (χ1v) is 8.39. The zero-order valence-electron chi connectivity index (χ0n) is 12.1. The van der Waals surface area contributed by atoms with Gasteiger partial charge in [-0.3, -0.25) is 0 Å².